The first kappa shape index (κ1) is 13.3. The number of ketones is 1. The van der Waals surface area contributed by atoms with E-state index >= 15 is 0 Å². The van der Waals surface area contributed by atoms with Crippen LogP contribution in [-0.2, 0) is 6.42 Å². The predicted molar refractivity (Wildman–Crippen MR) is 73.7 cm³/mol. The Kier molecular flexibility index (Phi) is 4.23. The molecule has 0 atom stereocenters. The monoisotopic (exact) mass is 299 g/mol. The topological polar surface area (TPSA) is 30.0 Å². The number of aromatic nitrogens is 1. The third-order valence-corrected chi connectivity index (χ3v) is 3.28. The third kappa shape index (κ3) is 3.02. The van der Waals surface area contributed by atoms with E-state index in [2.05, 4.69) is 4.98 Å². The maximum Gasteiger partial charge on any atom is 0.187 e. The average molecular weight is 301 g/mol. The number of nitrogens with zero attached hydrogens (tertiary/aromatic N) is 1. The van der Waals surface area contributed by atoms with Crippen molar-refractivity contribution in [3.8, 4) is 0 Å². The van der Waals surface area contributed by atoms with Crippen LogP contribution in [0.4, 0.5) is 0 Å². The Bertz CT molecular complexity index is 599. The van der Waals surface area contributed by atoms with Crippen molar-refractivity contribution in [3.63, 3.8) is 0 Å². The van der Waals surface area contributed by atoms with Gasteiger partial charge in [-0.2, -0.15) is 0 Å². The predicted octanol–water partition coefficient (Wildman–Crippen LogP) is 4.47. The van der Waals surface area contributed by atoms with Crippen LogP contribution in [-0.4, -0.2) is 10.8 Å². The molecule has 0 radical (unpaired) electrons. The van der Waals surface area contributed by atoms with Gasteiger partial charge < -0.3 is 0 Å². The molecule has 0 N–H and O–H groups in total. The van der Waals surface area contributed by atoms with Crippen molar-refractivity contribution < 1.29 is 4.79 Å². The summed E-state index contributed by atoms with van der Waals surface area (Å²) in [7, 11) is 0. The molecule has 5 heteroatoms. The second kappa shape index (κ2) is 5.70. The third-order valence-electron chi connectivity index (χ3n) is 2.39. The Balaban J connectivity index is 2.24. The van der Waals surface area contributed by atoms with Crippen LogP contribution in [0.1, 0.15) is 16.1 Å². The maximum absolute atomic E-state index is 12.0. The Morgan fingerprint density at radius 1 is 1.11 bits per heavy atom. The van der Waals surface area contributed by atoms with Gasteiger partial charge in [-0.05, 0) is 29.8 Å². The van der Waals surface area contributed by atoms with E-state index < -0.39 is 0 Å². The fraction of sp³-hybridized carbons (Fsp3) is 0.0769. The lowest BCUT2D eigenvalue weighted by molar-refractivity contribution is 0.0988. The molecule has 0 aliphatic carbocycles. The molecule has 0 aliphatic rings. The Morgan fingerprint density at radius 2 is 1.89 bits per heavy atom. The molecular weight excluding hydrogens is 293 g/mol. The van der Waals surface area contributed by atoms with Crippen molar-refractivity contribution in [3.05, 3.63) is 62.9 Å². The molecule has 1 aromatic carbocycles. The molecule has 2 nitrogen and oxygen atoms in total. The van der Waals surface area contributed by atoms with E-state index in [4.69, 9.17) is 34.8 Å². The molecule has 18 heavy (non-hydrogen) atoms. The summed E-state index contributed by atoms with van der Waals surface area (Å²) < 4.78 is 0. The van der Waals surface area contributed by atoms with E-state index in [9.17, 15) is 4.79 Å². The Hall–Kier alpha value is -1.09. The quantitative estimate of drug-likeness (QED) is 0.783. The summed E-state index contributed by atoms with van der Waals surface area (Å²) in [6.45, 7) is 0. The summed E-state index contributed by atoms with van der Waals surface area (Å²) in [5, 5.41) is 1.34. The standard InChI is InChI=1S/C13H8Cl3NO/c14-9-4-3-8(11(16)7-9)6-12(18)13-10(15)2-1-5-17-13/h1-5,7H,6H2. The van der Waals surface area contributed by atoms with Crippen molar-refractivity contribution in [1.29, 1.82) is 0 Å². The molecule has 0 bridgehead atoms. The second-order valence-electron chi connectivity index (χ2n) is 3.67. The largest absolute Gasteiger partial charge is 0.292 e. The van der Waals surface area contributed by atoms with Crippen molar-refractivity contribution in [2.45, 2.75) is 6.42 Å². The van der Waals surface area contributed by atoms with Gasteiger partial charge in [-0.15, -0.1) is 0 Å². The van der Waals surface area contributed by atoms with Gasteiger partial charge in [-0.25, -0.2) is 0 Å². The number of carbonyl (C=O) groups excluding carboxylic acids is 1. The second-order valence-corrected chi connectivity index (χ2v) is 4.92. The van der Waals surface area contributed by atoms with Crippen LogP contribution in [0.15, 0.2) is 36.5 Å². The van der Waals surface area contributed by atoms with Gasteiger partial charge in [-0.1, -0.05) is 40.9 Å². The lowest BCUT2D eigenvalue weighted by Gasteiger charge is -2.05. The lowest BCUT2D eigenvalue weighted by atomic mass is 10.1. The van der Waals surface area contributed by atoms with E-state index in [1.54, 1.807) is 30.3 Å². The van der Waals surface area contributed by atoms with Crippen LogP contribution in [0.5, 0.6) is 0 Å². The molecule has 2 aromatic rings. The van der Waals surface area contributed by atoms with Gasteiger partial charge in [0, 0.05) is 22.7 Å². The normalized spacial score (nSPS) is 10.4. The minimum Gasteiger partial charge on any atom is -0.292 e. The fourth-order valence-corrected chi connectivity index (χ4v) is 2.21. The molecule has 0 amide bonds. The maximum atomic E-state index is 12.0. The molecule has 0 aliphatic heterocycles. The summed E-state index contributed by atoms with van der Waals surface area (Å²) in [5.74, 6) is -0.176. The van der Waals surface area contributed by atoms with Crippen molar-refractivity contribution in [1.82, 2.24) is 4.98 Å². The van der Waals surface area contributed by atoms with E-state index in [-0.39, 0.29) is 17.9 Å². The number of rotatable bonds is 3. The molecule has 92 valence electrons. The van der Waals surface area contributed by atoms with E-state index in [0.717, 1.165) is 0 Å². The molecule has 1 aromatic heterocycles. The van der Waals surface area contributed by atoms with Gasteiger partial charge in [0.25, 0.3) is 0 Å². The summed E-state index contributed by atoms with van der Waals surface area (Å²) in [6.07, 6.45) is 1.68. The molecule has 1 heterocycles. The van der Waals surface area contributed by atoms with Gasteiger partial charge in [0.2, 0.25) is 0 Å². The van der Waals surface area contributed by atoms with E-state index in [1.807, 2.05) is 0 Å². The fourth-order valence-electron chi connectivity index (χ4n) is 1.51. The lowest BCUT2D eigenvalue weighted by Crippen LogP contribution is -2.07. The first-order valence-electron chi connectivity index (χ1n) is 5.15. The molecule has 0 fully saturated rings. The van der Waals surface area contributed by atoms with Crippen LogP contribution in [0.3, 0.4) is 0 Å². The van der Waals surface area contributed by atoms with Crippen LogP contribution in [0, 0.1) is 0 Å². The Labute approximate surface area is 120 Å². The highest BCUT2D eigenvalue weighted by Crippen LogP contribution is 2.23. The minimum absolute atomic E-state index is 0.146. The van der Waals surface area contributed by atoms with Gasteiger partial charge in [0.15, 0.2) is 5.78 Å². The minimum atomic E-state index is -0.176. The van der Waals surface area contributed by atoms with E-state index in [0.29, 0.717) is 20.6 Å². The number of pyridine rings is 1. The summed E-state index contributed by atoms with van der Waals surface area (Å²) >= 11 is 17.7. The van der Waals surface area contributed by atoms with E-state index in [1.165, 1.54) is 6.20 Å². The zero-order valence-electron chi connectivity index (χ0n) is 9.16. The summed E-state index contributed by atoms with van der Waals surface area (Å²) in [5.41, 5.74) is 0.956. The SMILES string of the molecule is O=C(Cc1ccc(Cl)cc1Cl)c1ncccc1Cl. The molecule has 0 saturated heterocycles. The van der Waals surface area contributed by atoms with Crippen molar-refractivity contribution in [2.75, 3.05) is 0 Å². The Morgan fingerprint density at radius 3 is 2.56 bits per heavy atom. The highest BCUT2D eigenvalue weighted by atomic mass is 35.5. The van der Waals surface area contributed by atoms with Crippen molar-refractivity contribution >= 4 is 40.6 Å². The van der Waals surface area contributed by atoms with Gasteiger partial charge in [-0.3, -0.25) is 9.78 Å². The molecule has 0 unspecified atom stereocenters. The molecular formula is C13H8Cl3NO. The molecule has 0 spiro atoms. The van der Waals surface area contributed by atoms with Crippen LogP contribution in [0.25, 0.3) is 0 Å². The number of benzene rings is 1. The van der Waals surface area contributed by atoms with Crippen LogP contribution < -0.4 is 0 Å². The first-order valence-corrected chi connectivity index (χ1v) is 6.29. The summed E-state index contributed by atoms with van der Waals surface area (Å²) in [6, 6.07) is 8.32. The smallest absolute Gasteiger partial charge is 0.187 e. The van der Waals surface area contributed by atoms with Crippen LogP contribution in [0.2, 0.25) is 15.1 Å². The van der Waals surface area contributed by atoms with Gasteiger partial charge in [0.1, 0.15) is 5.69 Å². The van der Waals surface area contributed by atoms with Gasteiger partial charge in [0.05, 0.1) is 5.02 Å². The number of Topliss-reactive ketones (excluding diaryl/α,β-unsaturated/α-hetero) is 1. The average Bonchev–Trinajstić information content (AvgIpc) is 2.33. The number of hydrogen-bond acceptors (Lipinski definition) is 2. The first-order chi connectivity index (χ1) is 8.58. The number of carbonyl (C=O) groups is 1. The zero-order chi connectivity index (χ0) is 13.1. The number of hydrogen-bond donors (Lipinski definition) is 0. The van der Waals surface area contributed by atoms with Gasteiger partial charge >= 0.3 is 0 Å². The zero-order valence-corrected chi connectivity index (χ0v) is 11.4. The highest BCUT2D eigenvalue weighted by molar-refractivity contribution is 6.35. The molecule has 0 saturated carbocycles. The van der Waals surface area contributed by atoms with Crippen molar-refractivity contribution in [2.24, 2.45) is 0 Å². The van der Waals surface area contributed by atoms with Crippen LogP contribution >= 0.6 is 34.8 Å². The highest BCUT2D eigenvalue weighted by Gasteiger charge is 2.14. The molecule has 2 rings (SSSR count). The summed E-state index contributed by atoms with van der Waals surface area (Å²) in [4.78, 5) is 16.0. The number of halogens is 3.